The van der Waals surface area contributed by atoms with Gasteiger partial charge in [-0.3, -0.25) is 4.79 Å². The SMILES string of the molecule is CC(C)C[C@H](N)C(=O)N1CC[C@@H](C)[C@H]1C. The topological polar surface area (TPSA) is 46.3 Å². The third-order valence-corrected chi connectivity index (χ3v) is 3.47. The summed E-state index contributed by atoms with van der Waals surface area (Å²) in [7, 11) is 0. The summed E-state index contributed by atoms with van der Waals surface area (Å²) in [6.07, 6.45) is 1.90. The van der Waals surface area contributed by atoms with E-state index in [4.69, 9.17) is 5.73 Å². The number of nitrogens with two attached hydrogens (primary N) is 1. The van der Waals surface area contributed by atoms with E-state index >= 15 is 0 Å². The summed E-state index contributed by atoms with van der Waals surface area (Å²) in [4.78, 5) is 14.0. The molecule has 0 unspecified atom stereocenters. The van der Waals surface area contributed by atoms with Gasteiger partial charge in [0.15, 0.2) is 0 Å². The van der Waals surface area contributed by atoms with Crippen molar-refractivity contribution < 1.29 is 4.79 Å². The lowest BCUT2D eigenvalue weighted by Crippen LogP contribution is -2.46. The summed E-state index contributed by atoms with van der Waals surface area (Å²) in [5.74, 6) is 1.24. The number of nitrogens with zero attached hydrogens (tertiary/aromatic N) is 1. The van der Waals surface area contributed by atoms with Crippen LogP contribution >= 0.6 is 0 Å². The van der Waals surface area contributed by atoms with E-state index in [-0.39, 0.29) is 11.9 Å². The minimum Gasteiger partial charge on any atom is -0.338 e. The Morgan fingerprint density at radius 2 is 2.07 bits per heavy atom. The zero-order valence-electron chi connectivity index (χ0n) is 10.4. The normalized spacial score (nSPS) is 28.5. The van der Waals surface area contributed by atoms with Gasteiger partial charge in [0.1, 0.15) is 0 Å². The Hall–Kier alpha value is -0.570. The van der Waals surface area contributed by atoms with Crippen LogP contribution in [0.4, 0.5) is 0 Å². The van der Waals surface area contributed by atoms with Crippen LogP contribution in [0.5, 0.6) is 0 Å². The predicted octanol–water partition coefficient (Wildman–Crippen LogP) is 1.62. The van der Waals surface area contributed by atoms with Crippen LogP contribution in [0.25, 0.3) is 0 Å². The molecule has 0 saturated carbocycles. The molecule has 0 radical (unpaired) electrons. The molecular formula is C12H24N2O. The maximum Gasteiger partial charge on any atom is 0.239 e. The standard InChI is InChI=1S/C12H24N2O/c1-8(2)7-11(13)12(15)14-6-5-9(3)10(14)4/h8-11H,5-7,13H2,1-4H3/t9-,10-,11+/m1/s1. The lowest BCUT2D eigenvalue weighted by Gasteiger charge is -2.27. The summed E-state index contributed by atoms with van der Waals surface area (Å²) >= 11 is 0. The van der Waals surface area contributed by atoms with E-state index in [1.807, 2.05) is 4.90 Å². The van der Waals surface area contributed by atoms with Crippen LogP contribution in [0, 0.1) is 11.8 Å². The van der Waals surface area contributed by atoms with Gasteiger partial charge >= 0.3 is 0 Å². The fourth-order valence-electron chi connectivity index (χ4n) is 2.23. The van der Waals surface area contributed by atoms with E-state index < -0.39 is 0 Å². The largest absolute Gasteiger partial charge is 0.338 e. The van der Waals surface area contributed by atoms with Crippen molar-refractivity contribution in [2.45, 2.75) is 52.6 Å². The van der Waals surface area contributed by atoms with Gasteiger partial charge in [-0.2, -0.15) is 0 Å². The van der Waals surface area contributed by atoms with Gasteiger partial charge in [-0.1, -0.05) is 20.8 Å². The summed E-state index contributed by atoms with van der Waals surface area (Å²) in [5.41, 5.74) is 5.91. The molecule has 88 valence electrons. The average molecular weight is 212 g/mol. The van der Waals surface area contributed by atoms with E-state index in [1.165, 1.54) is 0 Å². The second-order valence-corrected chi connectivity index (χ2v) is 5.27. The summed E-state index contributed by atoms with van der Waals surface area (Å²) in [6, 6.07) is 0.0495. The molecule has 1 rings (SSSR count). The molecule has 0 aromatic heterocycles. The van der Waals surface area contributed by atoms with Crippen molar-refractivity contribution in [3.63, 3.8) is 0 Å². The summed E-state index contributed by atoms with van der Waals surface area (Å²) < 4.78 is 0. The van der Waals surface area contributed by atoms with E-state index in [1.54, 1.807) is 0 Å². The number of hydrogen-bond donors (Lipinski definition) is 1. The molecule has 3 nitrogen and oxygen atoms in total. The number of amides is 1. The monoisotopic (exact) mass is 212 g/mol. The minimum absolute atomic E-state index is 0.139. The zero-order valence-corrected chi connectivity index (χ0v) is 10.4. The van der Waals surface area contributed by atoms with Gasteiger partial charge in [-0.05, 0) is 31.6 Å². The molecule has 3 atom stereocenters. The molecule has 1 aliphatic heterocycles. The third kappa shape index (κ3) is 2.94. The quantitative estimate of drug-likeness (QED) is 0.772. The highest BCUT2D eigenvalue weighted by molar-refractivity contribution is 5.82. The first-order chi connectivity index (χ1) is 6.93. The molecule has 1 saturated heterocycles. The molecule has 1 fully saturated rings. The zero-order chi connectivity index (χ0) is 11.6. The fraction of sp³-hybridized carbons (Fsp3) is 0.917. The Balaban J connectivity index is 2.53. The molecule has 3 heteroatoms. The van der Waals surface area contributed by atoms with Crippen molar-refractivity contribution in [2.24, 2.45) is 17.6 Å². The van der Waals surface area contributed by atoms with Crippen molar-refractivity contribution in [2.75, 3.05) is 6.54 Å². The van der Waals surface area contributed by atoms with Crippen LogP contribution in [0.15, 0.2) is 0 Å². The second kappa shape index (κ2) is 4.97. The smallest absolute Gasteiger partial charge is 0.239 e. The Bertz CT molecular complexity index is 228. The lowest BCUT2D eigenvalue weighted by molar-refractivity contribution is -0.133. The fourth-order valence-corrected chi connectivity index (χ4v) is 2.23. The van der Waals surface area contributed by atoms with Crippen LogP contribution in [0.3, 0.4) is 0 Å². The van der Waals surface area contributed by atoms with Gasteiger partial charge < -0.3 is 10.6 Å². The first-order valence-corrected chi connectivity index (χ1v) is 5.99. The molecule has 1 amide bonds. The van der Waals surface area contributed by atoms with Gasteiger partial charge in [-0.25, -0.2) is 0 Å². The lowest BCUT2D eigenvalue weighted by atomic mass is 10.0. The first-order valence-electron chi connectivity index (χ1n) is 5.99. The number of likely N-dealkylation sites (tertiary alicyclic amines) is 1. The van der Waals surface area contributed by atoms with E-state index in [9.17, 15) is 4.79 Å². The number of hydrogen-bond acceptors (Lipinski definition) is 2. The highest BCUT2D eigenvalue weighted by Gasteiger charge is 2.33. The van der Waals surface area contributed by atoms with Gasteiger partial charge in [0.25, 0.3) is 0 Å². The number of rotatable bonds is 3. The highest BCUT2D eigenvalue weighted by atomic mass is 16.2. The summed E-state index contributed by atoms with van der Waals surface area (Å²) in [6.45, 7) is 9.41. The van der Waals surface area contributed by atoms with Gasteiger partial charge in [0.2, 0.25) is 5.91 Å². The maximum absolute atomic E-state index is 12.0. The minimum atomic E-state index is -0.308. The van der Waals surface area contributed by atoms with Crippen LogP contribution < -0.4 is 5.73 Å². The molecule has 1 aliphatic rings. The van der Waals surface area contributed by atoms with E-state index in [0.717, 1.165) is 19.4 Å². The summed E-state index contributed by atoms with van der Waals surface area (Å²) in [5, 5.41) is 0. The maximum atomic E-state index is 12.0. The van der Waals surface area contributed by atoms with Crippen molar-refractivity contribution in [3.05, 3.63) is 0 Å². The van der Waals surface area contributed by atoms with Crippen molar-refractivity contribution >= 4 is 5.91 Å². The Morgan fingerprint density at radius 3 is 2.47 bits per heavy atom. The Kier molecular flexibility index (Phi) is 4.14. The molecule has 0 spiro atoms. The van der Waals surface area contributed by atoms with Crippen LogP contribution in [0.1, 0.15) is 40.5 Å². The molecule has 0 bridgehead atoms. The van der Waals surface area contributed by atoms with Crippen LogP contribution in [0.2, 0.25) is 0 Å². The predicted molar refractivity (Wildman–Crippen MR) is 62.4 cm³/mol. The molecule has 15 heavy (non-hydrogen) atoms. The molecule has 0 aromatic carbocycles. The Morgan fingerprint density at radius 1 is 1.47 bits per heavy atom. The van der Waals surface area contributed by atoms with Crippen LogP contribution in [-0.2, 0) is 4.79 Å². The third-order valence-electron chi connectivity index (χ3n) is 3.47. The molecule has 0 aromatic rings. The van der Waals surface area contributed by atoms with Crippen molar-refractivity contribution in [1.82, 2.24) is 4.90 Å². The first kappa shape index (κ1) is 12.5. The second-order valence-electron chi connectivity index (χ2n) is 5.27. The average Bonchev–Trinajstić information content (AvgIpc) is 2.45. The molecular weight excluding hydrogens is 188 g/mol. The number of carbonyl (C=O) groups is 1. The van der Waals surface area contributed by atoms with Gasteiger partial charge in [0, 0.05) is 12.6 Å². The molecule has 0 aliphatic carbocycles. The van der Waals surface area contributed by atoms with Crippen molar-refractivity contribution in [3.8, 4) is 0 Å². The Labute approximate surface area is 93.0 Å². The highest BCUT2D eigenvalue weighted by Crippen LogP contribution is 2.24. The van der Waals surface area contributed by atoms with Gasteiger partial charge in [0.05, 0.1) is 6.04 Å². The van der Waals surface area contributed by atoms with E-state index in [2.05, 4.69) is 27.7 Å². The molecule has 2 N–H and O–H groups in total. The van der Waals surface area contributed by atoms with Crippen molar-refractivity contribution in [1.29, 1.82) is 0 Å². The van der Waals surface area contributed by atoms with Gasteiger partial charge in [-0.15, -0.1) is 0 Å². The number of carbonyl (C=O) groups excluding carboxylic acids is 1. The van der Waals surface area contributed by atoms with Crippen LogP contribution in [-0.4, -0.2) is 29.4 Å². The van der Waals surface area contributed by atoms with E-state index in [0.29, 0.717) is 17.9 Å². The molecule has 1 heterocycles.